The van der Waals surface area contributed by atoms with Crippen molar-refractivity contribution in [3.05, 3.63) is 54.1 Å². The molecule has 0 bridgehead atoms. The van der Waals surface area contributed by atoms with Crippen LogP contribution in [0.4, 0.5) is 0 Å². The highest BCUT2D eigenvalue weighted by Gasteiger charge is 2.27. The summed E-state index contributed by atoms with van der Waals surface area (Å²) in [5.41, 5.74) is 3.50. The van der Waals surface area contributed by atoms with Crippen molar-refractivity contribution in [3.8, 4) is 0 Å². The number of benzene rings is 2. The molecule has 0 radical (unpaired) electrons. The van der Waals surface area contributed by atoms with Crippen LogP contribution < -0.4 is 0 Å². The molecular formula is C24H31NO2S. The van der Waals surface area contributed by atoms with E-state index in [9.17, 15) is 8.42 Å². The highest BCUT2D eigenvalue weighted by molar-refractivity contribution is 7.92. The molecular weight excluding hydrogens is 366 g/mol. The van der Waals surface area contributed by atoms with E-state index in [1.54, 1.807) is 20.8 Å². The van der Waals surface area contributed by atoms with Gasteiger partial charge in [0.1, 0.15) is 0 Å². The Bertz CT molecular complexity index is 995. The Morgan fingerprint density at radius 2 is 1.25 bits per heavy atom. The largest absolute Gasteiger partial charge is 0.248 e. The zero-order chi connectivity index (χ0) is 20.2. The average Bonchev–Trinajstić information content (AvgIpc) is 2.65. The molecule has 0 saturated carbocycles. The highest BCUT2D eigenvalue weighted by atomic mass is 32.2. The Balaban J connectivity index is 1.57. The van der Waals surface area contributed by atoms with E-state index in [1.165, 1.54) is 16.3 Å². The van der Waals surface area contributed by atoms with E-state index in [0.717, 1.165) is 49.6 Å². The minimum atomic E-state index is -2.99. The lowest BCUT2D eigenvalue weighted by Crippen LogP contribution is -2.30. The van der Waals surface area contributed by atoms with Crippen molar-refractivity contribution in [2.24, 2.45) is 0 Å². The van der Waals surface area contributed by atoms with Crippen LogP contribution in [-0.2, 0) is 16.3 Å². The van der Waals surface area contributed by atoms with Crippen LogP contribution in [0.5, 0.6) is 0 Å². The Morgan fingerprint density at radius 1 is 0.750 bits per heavy atom. The first kappa shape index (κ1) is 20.8. The highest BCUT2D eigenvalue weighted by Crippen LogP contribution is 2.27. The van der Waals surface area contributed by atoms with Gasteiger partial charge in [-0.05, 0) is 57.7 Å². The Labute approximate surface area is 169 Å². The molecule has 3 rings (SSSR count). The molecule has 0 aliphatic heterocycles. The van der Waals surface area contributed by atoms with Gasteiger partial charge < -0.3 is 0 Å². The van der Waals surface area contributed by atoms with Crippen LogP contribution in [0, 0.1) is 0 Å². The molecule has 3 aromatic rings. The topological polar surface area (TPSA) is 47.0 Å². The number of sulfone groups is 1. The summed E-state index contributed by atoms with van der Waals surface area (Å²) in [6.45, 7) is 5.35. The molecule has 0 aliphatic rings. The van der Waals surface area contributed by atoms with Crippen LogP contribution >= 0.6 is 0 Å². The number of para-hydroxylation sites is 2. The van der Waals surface area contributed by atoms with Gasteiger partial charge in [-0.3, -0.25) is 0 Å². The summed E-state index contributed by atoms with van der Waals surface area (Å²) in [6, 6.07) is 16.7. The van der Waals surface area contributed by atoms with Crippen LogP contribution in [-0.4, -0.2) is 23.9 Å². The minimum absolute atomic E-state index is 0.302. The molecule has 0 N–H and O–H groups in total. The van der Waals surface area contributed by atoms with Crippen LogP contribution in [0.3, 0.4) is 0 Å². The fraction of sp³-hybridized carbons (Fsp3) is 0.458. The van der Waals surface area contributed by atoms with Crippen molar-refractivity contribution in [1.82, 2.24) is 4.98 Å². The zero-order valence-electron chi connectivity index (χ0n) is 17.2. The van der Waals surface area contributed by atoms with Gasteiger partial charge in [0.15, 0.2) is 9.84 Å². The second-order valence-electron chi connectivity index (χ2n) is 8.57. The predicted molar refractivity (Wildman–Crippen MR) is 120 cm³/mol. The summed E-state index contributed by atoms with van der Waals surface area (Å²) in [5.74, 6) is 0.302. The number of hydrogen-bond acceptors (Lipinski definition) is 3. The van der Waals surface area contributed by atoms with Crippen molar-refractivity contribution >= 4 is 31.6 Å². The molecule has 0 atom stereocenters. The van der Waals surface area contributed by atoms with E-state index >= 15 is 0 Å². The van der Waals surface area contributed by atoms with Crippen LogP contribution in [0.25, 0.3) is 21.8 Å². The number of aryl methyl sites for hydroxylation is 1. The molecule has 4 heteroatoms. The zero-order valence-corrected chi connectivity index (χ0v) is 18.1. The molecule has 2 aromatic carbocycles. The van der Waals surface area contributed by atoms with Gasteiger partial charge >= 0.3 is 0 Å². The maximum absolute atomic E-state index is 12.2. The second kappa shape index (κ2) is 8.60. The molecule has 0 saturated heterocycles. The van der Waals surface area contributed by atoms with Crippen LogP contribution in [0.2, 0.25) is 0 Å². The van der Waals surface area contributed by atoms with Gasteiger partial charge in [0, 0.05) is 10.8 Å². The smallest absolute Gasteiger partial charge is 0.155 e. The average molecular weight is 398 g/mol. The van der Waals surface area contributed by atoms with Gasteiger partial charge in [-0.1, -0.05) is 55.7 Å². The monoisotopic (exact) mass is 397 g/mol. The van der Waals surface area contributed by atoms with E-state index in [1.807, 2.05) is 12.1 Å². The van der Waals surface area contributed by atoms with Crippen molar-refractivity contribution in [2.45, 2.75) is 64.0 Å². The molecule has 0 amide bonds. The molecule has 0 fully saturated rings. The molecule has 0 aliphatic carbocycles. The number of nitrogens with zero attached hydrogens (tertiary/aromatic N) is 1. The second-order valence-corrected chi connectivity index (χ2v) is 11.4. The predicted octanol–water partition coefficient (Wildman–Crippen LogP) is 6.09. The van der Waals surface area contributed by atoms with Gasteiger partial charge in [-0.15, -0.1) is 0 Å². The number of rotatable bonds is 8. The van der Waals surface area contributed by atoms with Crippen LogP contribution in [0.1, 0.15) is 58.4 Å². The first-order chi connectivity index (χ1) is 13.3. The van der Waals surface area contributed by atoms with E-state index in [-0.39, 0.29) is 0 Å². The Kier molecular flexibility index (Phi) is 6.39. The molecule has 0 spiro atoms. The summed E-state index contributed by atoms with van der Waals surface area (Å²) in [7, 11) is -2.99. The first-order valence-electron chi connectivity index (χ1n) is 10.3. The summed E-state index contributed by atoms with van der Waals surface area (Å²) in [4.78, 5) is 4.79. The van der Waals surface area contributed by atoms with E-state index in [2.05, 4.69) is 36.4 Å². The number of pyridine rings is 1. The standard InChI is InChI=1S/C24H31NO2S/c1-24(2,3)28(26,27)18-12-6-4-5-7-13-19-20-14-8-10-16-22(20)25-23-17-11-9-15-21(19)23/h8-11,14-17H,4-7,12-13,18H2,1-3H3. The lowest BCUT2D eigenvalue weighted by Gasteiger charge is -2.18. The fourth-order valence-corrected chi connectivity index (χ4v) is 4.82. The number of fused-ring (bicyclic) bond motifs is 2. The molecule has 28 heavy (non-hydrogen) atoms. The first-order valence-corrected chi connectivity index (χ1v) is 11.9. The molecule has 1 heterocycles. The normalized spacial score (nSPS) is 12.7. The maximum atomic E-state index is 12.2. The van der Waals surface area contributed by atoms with E-state index < -0.39 is 14.6 Å². The van der Waals surface area contributed by atoms with Gasteiger partial charge in [0.05, 0.1) is 21.5 Å². The lowest BCUT2D eigenvalue weighted by atomic mass is 9.97. The van der Waals surface area contributed by atoms with Gasteiger partial charge in [-0.2, -0.15) is 0 Å². The molecule has 150 valence electrons. The summed E-state index contributed by atoms with van der Waals surface area (Å²) < 4.78 is 23.7. The SMILES string of the molecule is CC(C)(C)S(=O)(=O)CCCCCCCc1c2ccccc2nc2ccccc12. The quantitative estimate of drug-likeness (QED) is 0.341. The number of unbranched alkanes of at least 4 members (excludes halogenated alkanes) is 4. The minimum Gasteiger partial charge on any atom is -0.248 e. The Hall–Kier alpha value is -1.94. The lowest BCUT2D eigenvalue weighted by molar-refractivity contribution is 0.552. The third kappa shape index (κ3) is 4.72. The fourth-order valence-electron chi connectivity index (χ4n) is 3.63. The molecule has 1 aromatic heterocycles. The van der Waals surface area contributed by atoms with E-state index in [4.69, 9.17) is 4.98 Å². The van der Waals surface area contributed by atoms with Crippen molar-refractivity contribution < 1.29 is 8.42 Å². The van der Waals surface area contributed by atoms with Gasteiger partial charge in [0.2, 0.25) is 0 Å². The summed E-state index contributed by atoms with van der Waals surface area (Å²) in [6.07, 6.45) is 6.10. The van der Waals surface area contributed by atoms with Gasteiger partial charge in [0.25, 0.3) is 0 Å². The third-order valence-electron chi connectivity index (χ3n) is 5.47. The number of hydrogen-bond donors (Lipinski definition) is 0. The molecule has 0 unspecified atom stereocenters. The van der Waals surface area contributed by atoms with Crippen molar-refractivity contribution in [3.63, 3.8) is 0 Å². The number of aromatic nitrogens is 1. The van der Waals surface area contributed by atoms with Crippen molar-refractivity contribution in [1.29, 1.82) is 0 Å². The maximum Gasteiger partial charge on any atom is 0.155 e. The summed E-state index contributed by atoms with van der Waals surface area (Å²) in [5, 5.41) is 2.50. The van der Waals surface area contributed by atoms with E-state index in [0.29, 0.717) is 5.75 Å². The Morgan fingerprint density at radius 3 is 1.82 bits per heavy atom. The van der Waals surface area contributed by atoms with Crippen molar-refractivity contribution in [2.75, 3.05) is 5.75 Å². The summed E-state index contributed by atoms with van der Waals surface area (Å²) >= 11 is 0. The van der Waals surface area contributed by atoms with Gasteiger partial charge in [-0.25, -0.2) is 13.4 Å². The third-order valence-corrected chi connectivity index (χ3v) is 8.16. The molecule has 3 nitrogen and oxygen atoms in total. The van der Waals surface area contributed by atoms with Crippen LogP contribution in [0.15, 0.2) is 48.5 Å².